The van der Waals surface area contributed by atoms with E-state index in [9.17, 15) is 87.9 Å². The van der Waals surface area contributed by atoms with Crippen LogP contribution in [0.25, 0.3) is 45.0 Å². The second kappa shape index (κ2) is 42.1. The normalized spacial score (nSPS) is 13.0. The van der Waals surface area contributed by atoms with E-state index in [2.05, 4.69) is 63.8 Å². The third-order valence-corrected chi connectivity index (χ3v) is 24.3. The molecule has 4 aromatic heterocycles. The summed E-state index contributed by atoms with van der Waals surface area (Å²) >= 11 is 2.22. The SMILES string of the molecule is O=C(Cc1c(F)c(F)c(F)c(F)c1F)Nc1nc2c(nc1C(O)c1ccccc1)-c1ccc(F)cc1CC2.O=C(Cc1ccc(F)c(F)c1)Nc1nc2c(nc1C(O)c1ccccc1)-c1ccc(F)cc1CC2.O=C(Cc1ccc(I)cc1)Nc1nc2c(nc1C(O)c1ccccc1)-c1ccc(F)cc1CC2.O=C(Nc1nc2c(nc1C(O)c1ccccc1)-c1ccc(F)cc1CC2)c1ccccc1. The zero-order valence-electron chi connectivity index (χ0n) is 73.0. The number of fused-ring (bicyclic) bond motifs is 12. The van der Waals surface area contributed by atoms with Crippen LogP contribution < -0.4 is 21.3 Å². The van der Waals surface area contributed by atoms with E-state index in [1.807, 2.05) is 72.8 Å². The molecule has 0 spiro atoms. The number of hydrogen-bond donors (Lipinski definition) is 8. The highest BCUT2D eigenvalue weighted by Gasteiger charge is 2.35. The Hall–Kier alpha value is -15.4. The molecule has 20 nitrogen and oxygen atoms in total. The van der Waals surface area contributed by atoms with Crippen molar-refractivity contribution < 1.29 is 87.9 Å². The molecule has 12 aromatic carbocycles. The lowest BCUT2D eigenvalue weighted by molar-refractivity contribution is -0.116. The minimum atomic E-state index is -2.34. The minimum Gasteiger partial charge on any atom is -0.382 e. The first-order valence-electron chi connectivity index (χ1n) is 43.8. The first-order valence-corrected chi connectivity index (χ1v) is 44.8. The van der Waals surface area contributed by atoms with Gasteiger partial charge in [-0.3, -0.25) is 19.2 Å². The molecule has 32 heteroatoms. The molecule has 4 heterocycles. The van der Waals surface area contributed by atoms with Gasteiger partial charge in [-0.1, -0.05) is 158 Å². The summed E-state index contributed by atoms with van der Waals surface area (Å²) in [7, 11) is 0. The van der Waals surface area contributed by atoms with Crippen LogP contribution >= 0.6 is 22.6 Å². The number of amides is 4. The lowest BCUT2D eigenvalue weighted by Gasteiger charge is -2.23. The van der Waals surface area contributed by atoms with Gasteiger partial charge >= 0.3 is 0 Å². The van der Waals surface area contributed by atoms with Crippen molar-refractivity contribution in [2.24, 2.45) is 0 Å². The predicted octanol–water partition coefficient (Wildman–Crippen LogP) is 20.2. The Labute approximate surface area is 800 Å². The summed E-state index contributed by atoms with van der Waals surface area (Å²) in [5.74, 6) is -16.3. The number of carbonyl (C=O) groups is 4. The molecule has 0 radical (unpaired) electrons. The molecule has 139 heavy (non-hydrogen) atoms. The number of carbonyl (C=O) groups excluding carboxylic acids is 4. The number of anilines is 4. The first kappa shape index (κ1) is 95.4. The monoisotopic (exact) mass is 1990 g/mol. The lowest BCUT2D eigenvalue weighted by Crippen LogP contribution is -2.22. The summed E-state index contributed by atoms with van der Waals surface area (Å²) in [6.45, 7) is 0. The maximum absolute atomic E-state index is 14.1. The number of aryl methyl sites for hydroxylation is 8. The molecule has 0 saturated carbocycles. The number of nitrogens with zero attached hydrogens (tertiary/aromatic N) is 8. The third kappa shape index (κ3) is 21.6. The van der Waals surface area contributed by atoms with Crippen LogP contribution in [0.2, 0.25) is 0 Å². The molecule has 698 valence electrons. The molecule has 0 fully saturated rings. The van der Waals surface area contributed by atoms with E-state index in [0.717, 1.165) is 54.6 Å². The largest absolute Gasteiger partial charge is 0.382 e. The fourth-order valence-corrected chi connectivity index (χ4v) is 17.1. The van der Waals surface area contributed by atoms with Crippen molar-refractivity contribution in [3.63, 3.8) is 0 Å². The number of rotatable bonds is 19. The van der Waals surface area contributed by atoms with Crippen molar-refractivity contribution in [2.75, 3.05) is 21.3 Å². The molecule has 16 aromatic rings. The van der Waals surface area contributed by atoms with Crippen LogP contribution in [-0.4, -0.2) is 83.9 Å². The Bertz CT molecular complexity index is 7380. The molecule has 20 rings (SSSR count). The van der Waals surface area contributed by atoms with Crippen LogP contribution in [0.15, 0.2) is 267 Å². The first-order chi connectivity index (χ1) is 67.1. The molecule has 4 aliphatic carbocycles. The van der Waals surface area contributed by atoms with Gasteiger partial charge < -0.3 is 41.7 Å². The highest BCUT2D eigenvalue weighted by molar-refractivity contribution is 14.1. The molecule has 0 bridgehead atoms. The van der Waals surface area contributed by atoms with E-state index in [0.29, 0.717) is 136 Å². The minimum absolute atomic E-state index is 0.0817. The Morgan fingerprint density at radius 3 is 0.885 bits per heavy atom. The number of aliphatic hydroxyl groups excluding tert-OH is 4. The Morgan fingerprint density at radius 1 is 0.288 bits per heavy atom. The van der Waals surface area contributed by atoms with E-state index >= 15 is 0 Å². The molecule has 0 aliphatic heterocycles. The molecule has 8 N–H and O–H groups in total. The van der Waals surface area contributed by atoms with Crippen molar-refractivity contribution in [1.29, 1.82) is 0 Å². The Morgan fingerprint density at radius 2 is 0.568 bits per heavy atom. The van der Waals surface area contributed by atoms with E-state index in [-0.39, 0.29) is 93.7 Å². The fraction of sp³-hybridized carbons (Fsp3) is 0.140. The van der Waals surface area contributed by atoms with Crippen LogP contribution in [0.5, 0.6) is 0 Å². The van der Waals surface area contributed by atoms with Crippen molar-refractivity contribution in [3.05, 3.63) is 447 Å². The summed E-state index contributed by atoms with van der Waals surface area (Å²) < 4.78 is 152. The van der Waals surface area contributed by atoms with Gasteiger partial charge in [0.1, 0.15) is 70.5 Å². The number of aliphatic hydroxyl groups is 4. The van der Waals surface area contributed by atoms with Gasteiger partial charge in [0.05, 0.1) is 64.8 Å². The smallest absolute Gasteiger partial charge is 0.256 e. The summed E-state index contributed by atoms with van der Waals surface area (Å²) in [6.07, 6.45) is -1.89. The van der Waals surface area contributed by atoms with Crippen LogP contribution in [0.4, 0.5) is 71.6 Å². The van der Waals surface area contributed by atoms with Gasteiger partial charge in [-0.05, 0) is 239 Å². The lowest BCUT2D eigenvalue weighted by atomic mass is 9.91. The van der Waals surface area contributed by atoms with E-state index < -0.39 is 94.8 Å². The third-order valence-electron chi connectivity index (χ3n) is 23.6. The zero-order valence-corrected chi connectivity index (χ0v) is 75.2. The quantitative estimate of drug-likeness (QED) is 0.0161. The molecule has 4 atom stereocenters. The molecular formula is C107H78F11IN12O8. The van der Waals surface area contributed by atoms with Crippen molar-refractivity contribution in [3.8, 4) is 45.0 Å². The van der Waals surface area contributed by atoms with E-state index in [1.165, 1.54) is 60.7 Å². The Balaban J connectivity index is 0.000000128. The summed E-state index contributed by atoms with van der Waals surface area (Å²) in [5.41, 5.74) is 13.7. The molecule has 4 unspecified atom stereocenters. The van der Waals surface area contributed by atoms with Crippen LogP contribution in [0, 0.1) is 67.6 Å². The average Bonchev–Trinajstić information content (AvgIpc) is 0.772. The predicted molar refractivity (Wildman–Crippen MR) is 504 cm³/mol. The number of benzene rings is 12. The number of hydrogen-bond acceptors (Lipinski definition) is 16. The summed E-state index contributed by atoms with van der Waals surface area (Å²) in [6, 6.07) is 72.8. The molecule has 4 aliphatic rings. The Kier molecular flexibility index (Phi) is 28.9. The van der Waals surface area contributed by atoms with Gasteiger partial charge in [0, 0.05) is 37.0 Å². The summed E-state index contributed by atoms with van der Waals surface area (Å²) in [5, 5.41) is 55.2. The standard InChI is InChI=1S/C27H17F6N3O2.C27H20F3N3O2.C27H21FIN3O2.C26H20FN3O2/c28-14-7-8-15-13(10-14)6-9-17-24(15)36-25(26(38)12-4-2-1-3-5-12)27(34-17)35-18(37)11-16-19(29)21(31)23(33)22(32)20(16)30;28-18-8-9-19-17(14-18)7-11-22-24(19)33-25(26(35)16-4-2-1-3-5-16)27(31-22)32-23(34)13-15-6-10-20(29)21(30)12-15;28-19-9-12-21-18(15-19)8-13-22-24(21)32-25(26(34)17-4-2-1-3-5-17)27(30-22)31-23(33)14-16-6-10-20(29)11-7-16;27-19-12-13-20-18(15-19)11-14-21-22(20)29-23(24(31)16-7-3-1-4-8-16)25(28-21)30-26(32)17-9-5-2-6-10-17/h1-5,7-8,10,26,38H,6,9,11H2,(H,34,35,37);1-6,8-10,12,14,26,35H,7,11,13H2,(H,31,32,34);1-7,9-12,15,26,34H,8,13-14H2,(H,30,31,33);1-10,12-13,15,24,31H,11,14H2,(H,28,30,32). The van der Waals surface area contributed by atoms with Gasteiger partial charge in [-0.25, -0.2) is 88.2 Å². The van der Waals surface area contributed by atoms with Gasteiger partial charge in [-0.2, -0.15) is 0 Å². The number of halogens is 12. The van der Waals surface area contributed by atoms with Gasteiger partial charge in [-0.15, -0.1) is 0 Å². The van der Waals surface area contributed by atoms with Crippen molar-refractivity contribution >= 4 is 69.5 Å². The van der Waals surface area contributed by atoms with Crippen LogP contribution in [0.1, 0.15) is 142 Å². The number of nitrogens with one attached hydrogen (secondary N) is 4. The van der Waals surface area contributed by atoms with Crippen LogP contribution in [0.3, 0.4) is 0 Å². The van der Waals surface area contributed by atoms with E-state index in [4.69, 9.17) is 19.9 Å². The van der Waals surface area contributed by atoms with Gasteiger partial charge in [0.25, 0.3) is 5.91 Å². The van der Waals surface area contributed by atoms with Gasteiger partial charge in [0.15, 0.2) is 58.2 Å². The highest BCUT2D eigenvalue weighted by Crippen LogP contribution is 2.43. The fourth-order valence-electron chi connectivity index (χ4n) is 16.7. The van der Waals surface area contributed by atoms with Crippen molar-refractivity contribution in [2.45, 2.75) is 95.0 Å². The average molecular weight is 2000 g/mol. The molecule has 0 saturated heterocycles. The highest BCUT2D eigenvalue weighted by atomic mass is 127. The second-order valence-corrected chi connectivity index (χ2v) is 34.1. The number of aromatic nitrogens is 8. The summed E-state index contributed by atoms with van der Waals surface area (Å²) in [4.78, 5) is 88.4. The van der Waals surface area contributed by atoms with E-state index in [1.54, 1.807) is 121 Å². The molecule has 4 amide bonds. The molecular weight excluding hydrogens is 1920 g/mol. The van der Waals surface area contributed by atoms with Gasteiger partial charge in [0.2, 0.25) is 23.5 Å². The second-order valence-electron chi connectivity index (χ2n) is 32.9. The van der Waals surface area contributed by atoms with Crippen LogP contribution in [-0.2, 0) is 85.0 Å². The zero-order chi connectivity index (χ0) is 97.4. The maximum Gasteiger partial charge on any atom is 0.256 e. The maximum atomic E-state index is 14.1. The van der Waals surface area contributed by atoms with Crippen molar-refractivity contribution in [1.82, 2.24) is 39.9 Å². The topological polar surface area (TPSA) is 300 Å².